The highest BCUT2D eigenvalue weighted by Gasteiger charge is 2.18. The van der Waals surface area contributed by atoms with Gasteiger partial charge in [-0.15, -0.1) is 0 Å². The minimum absolute atomic E-state index is 1.01. The van der Waals surface area contributed by atoms with Crippen LogP contribution < -0.4 is 0 Å². The lowest BCUT2D eigenvalue weighted by Crippen LogP contribution is -1.94. The molecule has 0 aliphatic carbocycles. The lowest BCUT2D eigenvalue weighted by Gasteiger charge is -2.05. The summed E-state index contributed by atoms with van der Waals surface area (Å²) in [7, 11) is 1.47. The van der Waals surface area contributed by atoms with Crippen LogP contribution in [0.4, 0.5) is 0 Å². The Morgan fingerprint density at radius 3 is 1.71 bits per heavy atom. The molecule has 0 unspecified atom stereocenters. The topological polar surface area (TPSA) is 0 Å². The van der Waals surface area contributed by atoms with Crippen molar-refractivity contribution in [1.82, 2.24) is 0 Å². The molecule has 0 spiro atoms. The maximum Gasteiger partial charge on any atom is 0.121 e. The van der Waals surface area contributed by atoms with Crippen LogP contribution in [0, 0.1) is 11.8 Å². The first kappa shape index (κ1) is 5.21. The van der Waals surface area contributed by atoms with Gasteiger partial charge in [0.15, 0.2) is 0 Å². The van der Waals surface area contributed by atoms with Gasteiger partial charge in [-0.25, -0.2) is 0 Å². The minimum atomic E-state index is 1.01. The van der Waals surface area contributed by atoms with Gasteiger partial charge in [0.05, 0.1) is 0 Å². The van der Waals surface area contributed by atoms with Crippen molar-refractivity contribution in [3.05, 3.63) is 0 Å². The standard InChI is InChI=1S/C6H13B/c1-5-3-7-4-6(5)2/h5-7H,3-4H2,1-2H3/t5-,6-/m1/s1. The van der Waals surface area contributed by atoms with E-state index in [1.54, 1.807) is 0 Å². The molecule has 1 rings (SSSR count). The quantitative estimate of drug-likeness (QED) is 0.401. The number of rotatable bonds is 0. The zero-order chi connectivity index (χ0) is 5.28. The lowest BCUT2D eigenvalue weighted by atomic mass is 9.76. The Bertz CT molecular complexity index is 53.2. The van der Waals surface area contributed by atoms with Crippen molar-refractivity contribution in [2.45, 2.75) is 26.5 Å². The summed E-state index contributed by atoms with van der Waals surface area (Å²) in [5.41, 5.74) is 0. The number of hydrogen-bond donors (Lipinski definition) is 0. The Morgan fingerprint density at radius 1 is 1.14 bits per heavy atom. The molecule has 1 aliphatic heterocycles. The maximum atomic E-state index is 2.36. The predicted molar refractivity (Wildman–Crippen MR) is 35.1 cm³/mol. The third-order valence-electron chi connectivity index (χ3n) is 2.29. The summed E-state index contributed by atoms with van der Waals surface area (Å²) in [5, 5.41) is 0. The molecule has 0 radical (unpaired) electrons. The van der Waals surface area contributed by atoms with E-state index in [2.05, 4.69) is 13.8 Å². The highest BCUT2D eigenvalue weighted by molar-refractivity contribution is 6.36. The molecule has 7 heavy (non-hydrogen) atoms. The van der Waals surface area contributed by atoms with Crippen LogP contribution in [0.2, 0.25) is 12.6 Å². The van der Waals surface area contributed by atoms with Crippen LogP contribution in [0.5, 0.6) is 0 Å². The third kappa shape index (κ3) is 0.989. The van der Waals surface area contributed by atoms with Gasteiger partial charge in [0, 0.05) is 0 Å². The van der Waals surface area contributed by atoms with E-state index in [9.17, 15) is 0 Å². The van der Waals surface area contributed by atoms with E-state index < -0.39 is 0 Å². The van der Waals surface area contributed by atoms with Crippen LogP contribution in [-0.2, 0) is 0 Å². The molecule has 0 aromatic heterocycles. The van der Waals surface area contributed by atoms with Crippen molar-refractivity contribution in [2.24, 2.45) is 11.8 Å². The summed E-state index contributed by atoms with van der Waals surface area (Å²) in [6.07, 6.45) is 2.95. The Hall–Kier alpha value is 0.0649. The van der Waals surface area contributed by atoms with Crippen molar-refractivity contribution >= 4 is 7.28 Å². The van der Waals surface area contributed by atoms with Gasteiger partial charge in [0.2, 0.25) is 0 Å². The van der Waals surface area contributed by atoms with Crippen LogP contribution in [0.25, 0.3) is 0 Å². The highest BCUT2D eigenvalue weighted by atomic mass is 14.1. The van der Waals surface area contributed by atoms with Gasteiger partial charge >= 0.3 is 0 Å². The van der Waals surface area contributed by atoms with Crippen molar-refractivity contribution in [3.8, 4) is 0 Å². The van der Waals surface area contributed by atoms with Crippen LogP contribution >= 0.6 is 0 Å². The minimum Gasteiger partial charge on any atom is -0.0746 e. The SMILES string of the molecule is C[C@@H]1CBC[C@H]1C. The van der Waals surface area contributed by atoms with E-state index in [-0.39, 0.29) is 0 Å². The zero-order valence-corrected chi connectivity index (χ0v) is 5.28. The third-order valence-corrected chi connectivity index (χ3v) is 2.29. The second-order valence-corrected chi connectivity index (χ2v) is 2.89. The molecule has 1 heteroatoms. The zero-order valence-electron chi connectivity index (χ0n) is 5.28. The summed E-state index contributed by atoms with van der Waals surface area (Å²) >= 11 is 0. The fourth-order valence-corrected chi connectivity index (χ4v) is 1.33. The number of hydrogen-bond acceptors (Lipinski definition) is 0. The molecule has 40 valence electrons. The summed E-state index contributed by atoms with van der Waals surface area (Å²) < 4.78 is 0. The molecule has 0 saturated carbocycles. The molecule has 2 atom stereocenters. The first-order valence-corrected chi connectivity index (χ1v) is 3.30. The molecular weight excluding hydrogens is 82.9 g/mol. The van der Waals surface area contributed by atoms with Gasteiger partial charge in [0.1, 0.15) is 7.28 Å². The van der Waals surface area contributed by atoms with Gasteiger partial charge in [-0.1, -0.05) is 26.5 Å². The highest BCUT2D eigenvalue weighted by Crippen LogP contribution is 2.26. The second kappa shape index (κ2) is 1.89. The van der Waals surface area contributed by atoms with Crippen LogP contribution in [0.15, 0.2) is 0 Å². The smallest absolute Gasteiger partial charge is 0.0746 e. The van der Waals surface area contributed by atoms with Crippen LogP contribution in [-0.4, -0.2) is 7.28 Å². The summed E-state index contributed by atoms with van der Waals surface area (Å²) in [6.45, 7) is 4.72. The fraction of sp³-hybridized carbons (Fsp3) is 1.00. The molecular formula is C6H13B. The van der Waals surface area contributed by atoms with Gasteiger partial charge in [-0.3, -0.25) is 0 Å². The predicted octanol–water partition coefficient (Wildman–Crippen LogP) is 1.55. The van der Waals surface area contributed by atoms with E-state index in [0.717, 1.165) is 11.8 Å². The summed E-state index contributed by atoms with van der Waals surface area (Å²) in [4.78, 5) is 0. The fourth-order valence-electron chi connectivity index (χ4n) is 1.33. The van der Waals surface area contributed by atoms with Crippen LogP contribution in [0.3, 0.4) is 0 Å². The molecule has 0 aromatic carbocycles. The molecule has 1 heterocycles. The first-order valence-electron chi connectivity index (χ1n) is 3.30. The van der Waals surface area contributed by atoms with Crippen molar-refractivity contribution in [3.63, 3.8) is 0 Å². The molecule has 0 nitrogen and oxygen atoms in total. The van der Waals surface area contributed by atoms with E-state index in [1.807, 2.05) is 0 Å². The van der Waals surface area contributed by atoms with E-state index in [1.165, 1.54) is 19.9 Å². The van der Waals surface area contributed by atoms with Crippen molar-refractivity contribution < 1.29 is 0 Å². The van der Waals surface area contributed by atoms with Crippen LogP contribution in [0.1, 0.15) is 13.8 Å². The Labute approximate surface area is 46.5 Å². The Morgan fingerprint density at radius 2 is 1.57 bits per heavy atom. The molecule has 1 aliphatic rings. The summed E-state index contributed by atoms with van der Waals surface area (Å²) in [5.74, 6) is 2.03. The largest absolute Gasteiger partial charge is 0.121 e. The average molecular weight is 96.0 g/mol. The van der Waals surface area contributed by atoms with Gasteiger partial charge < -0.3 is 0 Å². The average Bonchev–Trinajstić information content (AvgIpc) is 1.91. The lowest BCUT2D eigenvalue weighted by molar-refractivity contribution is 0.486. The monoisotopic (exact) mass is 96.1 g/mol. The summed E-state index contributed by atoms with van der Waals surface area (Å²) in [6, 6.07) is 0. The van der Waals surface area contributed by atoms with E-state index in [4.69, 9.17) is 0 Å². The van der Waals surface area contributed by atoms with Gasteiger partial charge in [-0.2, -0.15) is 0 Å². The van der Waals surface area contributed by atoms with Crippen molar-refractivity contribution in [2.75, 3.05) is 0 Å². The Kier molecular flexibility index (Phi) is 1.41. The van der Waals surface area contributed by atoms with Gasteiger partial charge in [-0.05, 0) is 11.8 Å². The van der Waals surface area contributed by atoms with Crippen molar-refractivity contribution in [1.29, 1.82) is 0 Å². The molecule has 1 saturated heterocycles. The Balaban J connectivity index is 2.33. The maximum absolute atomic E-state index is 2.36. The van der Waals surface area contributed by atoms with E-state index >= 15 is 0 Å². The van der Waals surface area contributed by atoms with Gasteiger partial charge in [0.25, 0.3) is 0 Å². The molecule has 0 bridgehead atoms. The molecule has 0 aromatic rings. The normalized spacial score (nSPS) is 40.9. The molecule has 1 fully saturated rings. The second-order valence-electron chi connectivity index (χ2n) is 2.89. The molecule has 0 N–H and O–H groups in total. The van der Waals surface area contributed by atoms with E-state index in [0.29, 0.717) is 0 Å². The first-order chi connectivity index (χ1) is 3.30. The molecule has 0 amide bonds.